The molecule has 1 aliphatic heterocycles. The monoisotopic (exact) mass is 437 g/mol. The molecule has 32 heavy (non-hydrogen) atoms. The highest BCUT2D eigenvalue weighted by atomic mass is 16.5. The largest absolute Gasteiger partial charge is 0.507 e. The Morgan fingerprint density at radius 3 is 2.47 bits per heavy atom. The third kappa shape index (κ3) is 5.02. The molecule has 1 amide bonds. The summed E-state index contributed by atoms with van der Waals surface area (Å²) in [4.78, 5) is 27.4. The second-order valence-electron chi connectivity index (χ2n) is 8.31. The molecule has 1 aliphatic rings. The van der Waals surface area contributed by atoms with Gasteiger partial charge in [0.05, 0.1) is 24.8 Å². The van der Waals surface area contributed by atoms with Gasteiger partial charge in [-0.2, -0.15) is 0 Å². The fourth-order valence-corrected chi connectivity index (χ4v) is 3.74. The lowest BCUT2D eigenvalue weighted by Crippen LogP contribution is -2.32. The molecule has 0 radical (unpaired) electrons. The van der Waals surface area contributed by atoms with Gasteiger partial charge >= 0.3 is 0 Å². The number of hydrogen-bond acceptors (Lipinski definition) is 5. The van der Waals surface area contributed by atoms with Crippen LogP contribution in [0.5, 0.6) is 5.75 Å². The summed E-state index contributed by atoms with van der Waals surface area (Å²) in [7, 11) is 1.54. The number of Topliss-reactive ketones (excluding diaryl/α,β-unsaturated/α-hetero) is 1. The second kappa shape index (κ2) is 10.5. The first-order chi connectivity index (χ1) is 15.4. The molecule has 0 aromatic heterocycles. The molecule has 0 saturated carbocycles. The van der Waals surface area contributed by atoms with Crippen molar-refractivity contribution >= 4 is 17.4 Å². The Kier molecular flexibility index (Phi) is 7.70. The Balaban J connectivity index is 2.08. The van der Waals surface area contributed by atoms with Crippen LogP contribution in [0.2, 0.25) is 0 Å². The predicted molar refractivity (Wildman–Crippen MR) is 123 cm³/mol. The van der Waals surface area contributed by atoms with Crippen molar-refractivity contribution in [3.8, 4) is 5.75 Å². The highest BCUT2D eigenvalue weighted by molar-refractivity contribution is 6.46. The molecule has 1 saturated heterocycles. The SMILES string of the molecule is CCc1ccc(/C(O)=C2/C(=O)C(=O)N(CCOC)C2c2cccc(OCC(C)C)c2)cc1. The quantitative estimate of drug-likeness (QED) is 0.359. The van der Waals surface area contributed by atoms with Gasteiger partial charge in [-0.15, -0.1) is 0 Å². The van der Waals surface area contributed by atoms with E-state index < -0.39 is 17.7 Å². The minimum absolute atomic E-state index is 0.0800. The van der Waals surface area contributed by atoms with E-state index in [9.17, 15) is 14.7 Å². The molecule has 1 unspecified atom stereocenters. The topological polar surface area (TPSA) is 76.1 Å². The number of aliphatic hydroxyl groups is 1. The maximum Gasteiger partial charge on any atom is 0.295 e. The highest BCUT2D eigenvalue weighted by Gasteiger charge is 2.46. The summed E-state index contributed by atoms with van der Waals surface area (Å²) in [5.41, 5.74) is 2.41. The van der Waals surface area contributed by atoms with Crippen LogP contribution in [0.3, 0.4) is 0 Å². The number of carbonyl (C=O) groups excluding carboxylic acids is 2. The number of aryl methyl sites for hydroxylation is 1. The summed E-state index contributed by atoms with van der Waals surface area (Å²) in [5.74, 6) is -0.508. The maximum absolute atomic E-state index is 13.0. The predicted octanol–water partition coefficient (Wildman–Crippen LogP) is 4.35. The molecule has 3 rings (SSSR count). The van der Waals surface area contributed by atoms with E-state index in [1.807, 2.05) is 43.3 Å². The van der Waals surface area contributed by atoms with Gasteiger partial charge in [-0.1, -0.05) is 57.2 Å². The van der Waals surface area contributed by atoms with Crippen LogP contribution in [-0.2, 0) is 20.7 Å². The molecule has 1 N–H and O–H groups in total. The number of carbonyl (C=O) groups is 2. The van der Waals surface area contributed by atoms with Crippen LogP contribution >= 0.6 is 0 Å². The van der Waals surface area contributed by atoms with Crippen LogP contribution in [-0.4, -0.2) is 48.6 Å². The Morgan fingerprint density at radius 2 is 1.84 bits per heavy atom. The minimum atomic E-state index is -0.724. The normalized spacial score (nSPS) is 17.9. The molecular formula is C26H31NO5. The van der Waals surface area contributed by atoms with Gasteiger partial charge < -0.3 is 19.5 Å². The van der Waals surface area contributed by atoms with Gasteiger partial charge in [0.25, 0.3) is 11.7 Å². The van der Waals surface area contributed by atoms with Crippen molar-refractivity contribution in [2.24, 2.45) is 5.92 Å². The zero-order chi connectivity index (χ0) is 23.3. The number of amides is 1. The van der Waals surface area contributed by atoms with E-state index in [-0.39, 0.29) is 24.5 Å². The first kappa shape index (κ1) is 23.5. The number of ether oxygens (including phenoxy) is 2. The molecule has 0 bridgehead atoms. The molecule has 1 heterocycles. The molecule has 6 nitrogen and oxygen atoms in total. The minimum Gasteiger partial charge on any atom is -0.507 e. The van der Waals surface area contributed by atoms with Gasteiger partial charge in [-0.05, 0) is 35.6 Å². The first-order valence-corrected chi connectivity index (χ1v) is 11.0. The van der Waals surface area contributed by atoms with Gasteiger partial charge in [-0.3, -0.25) is 9.59 Å². The van der Waals surface area contributed by atoms with Gasteiger partial charge in [0.2, 0.25) is 0 Å². The van der Waals surface area contributed by atoms with Crippen molar-refractivity contribution in [2.75, 3.05) is 26.9 Å². The van der Waals surface area contributed by atoms with Crippen LogP contribution in [0.1, 0.15) is 43.5 Å². The summed E-state index contributed by atoms with van der Waals surface area (Å²) in [6.45, 7) is 7.23. The zero-order valence-corrected chi connectivity index (χ0v) is 19.1. The first-order valence-electron chi connectivity index (χ1n) is 11.0. The number of hydrogen-bond donors (Lipinski definition) is 1. The average molecular weight is 438 g/mol. The second-order valence-corrected chi connectivity index (χ2v) is 8.31. The van der Waals surface area contributed by atoms with E-state index in [2.05, 4.69) is 13.8 Å². The molecule has 6 heteroatoms. The summed E-state index contributed by atoms with van der Waals surface area (Å²) in [6, 6.07) is 14.0. The van der Waals surface area contributed by atoms with Crippen LogP contribution in [0, 0.1) is 5.92 Å². The fourth-order valence-electron chi connectivity index (χ4n) is 3.74. The Morgan fingerprint density at radius 1 is 1.12 bits per heavy atom. The van der Waals surface area contributed by atoms with Crippen LogP contribution in [0.4, 0.5) is 0 Å². The molecule has 0 aliphatic carbocycles. The third-order valence-electron chi connectivity index (χ3n) is 5.47. The van der Waals surface area contributed by atoms with Crippen LogP contribution < -0.4 is 4.74 Å². The van der Waals surface area contributed by atoms with Gasteiger partial charge in [0.1, 0.15) is 11.5 Å². The molecule has 2 aromatic rings. The van der Waals surface area contributed by atoms with Gasteiger partial charge in [0.15, 0.2) is 0 Å². The number of aliphatic hydroxyl groups excluding tert-OH is 1. The summed E-state index contributed by atoms with van der Waals surface area (Å²) in [5, 5.41) is 11.1. The van der Waals surface area contributed by atoms with Crippen LogP contribution in [0.15, 0.2) is 54.1 Å². The lowest BCUT2D eigenvalue weighted by molar-refractivity contribution is -0.140. The van der Waals surface area contributed by atoms with Crippen molar-refractivity contribution in [2.45, 2.75) is 33.2 Å². The number of benzene rings is 2. The van der Waals surface area contributed by atoms with E-state index in [1.165, 1.54) is 4.90 Å². The summed E-state index contributed by atoms with van der Waals surface area (Å²) in [6.07, 6.45) is 0.867. The number of ketones is 1. The average Bonchev–Trinajstić information content (AvgIpc) is 3.06. The summed E-state index contributed by atoms with van der Waals surface area (Å²) < 4.78 is 11.0. The lowest BCUT2D eigenvalue weighted by Gasteiger charge is -2.25. The Labute approximate surface area is 189 Å². The van der Waals surface area contributed by atoms with Gasteiger partial charge in [-0.25, -0.2) is 0 Å². The highest BCUT2D eigenvalue weighted by Crippen LogP contribution is 2.40. The number of methoxy groups -OCH3 is 1. The molecule has 0 spiro atoms. The smallest absolute Gasteiger partial charge is 0.295 e. The molecule has 1 atom stereocenters. The number of nitrogens with zero attached hydrogens (tertiary/aromatic N) is 1. The van der Waals surface area contributed by atoms with Crippen molar-refractivity contribution in [3.05, 3.63) is 70.8 Å². The standard InChI is InChI=1S/C26H31NO5/c1-5-18-9-11-19(12-10-18)24(28)22-23(27(13-14-31-4)26(30)25(22)29)20-7-6-8-21(15-20)32-16-17(2)3/h6-12,15,17,23,28H,5,13-14,16H2,1-4H3/b24-22-. The van der Waals surface area contributed by atoms with E-state index >= 15 is 0 Å². The Hall–Kier alpha value is -3.12. The van der Waals surface area contributed by atoms with E-state index in [0.717, 1.165) is 12.0 Å². The molecule has 1 fully saturated rings. The van der Waals surface area contributed by atoms with E-state index in [1.54, 1.807) is 19.2 Å². The molecule has 170 valence electrons. The third-order valence-corrected chi connectivity index (χ3v) is 5.47. The van der Waals surface area contributed by atoms with E-state index in [4.69, 9.17) is 9.47 Å². The number of likely N-dealkylation sites (tertiary alicyclic amines) is 1. The Bertz CT molecular complexity index is 994. The van der Waals surface area contributed by atoms with Gasteiger partial charge in [0, 0.05) is 19.2 Å². The number of rotatable bonds is 9. The lowest BCUT2D eigenvalue weighted by atomic mass is 9.94. The fraction of sp³-hybridized carbons (Fsp3) is 0.385. The van der Waals surface area contributed by atoms with E-state index in [0.29, 0.717) is 29.4 Å². The molecule has 2 aromatic carbocycles. The van der Waals surface area contributed by atoms with Crippen molar-refractivity contribution in [1.82, 2.24) is 4.90 Å². The molecular weight excluding hydrogens is 406 g/mol. The van der Waals surface area contributed by atoms with Crippen molar-refractivity contribution in [1.29, 1.82) is 0 Å². The van der Waals surface area contributed by atoms with Crippen molar-refractivity contribution in [3.63, 3.8) is 0 Å². The zero-order valence-electron chi connectivity index (χ0n) is 19.1. The van der Waals surface area contributed by atoms with Crippen LogP contribution in [0.25, 0.3) is 5.76 Å². The summed E-state index contributed by atoms with van der Waals surface area (Å²) >= 11 is 0. The van der Waals surface area contributed by atoms with Crippen molar-refractivity contribution < 1.29 is 24.2 Å². The maximum atomic E-state index is 13.0.